The van der Waals surface area contributed by atoms with E-state index in [0.717, 1.165) is 44.6 Å². The maximum atomic E-state index is 12.5. The average Bonchev–Trinajstić information content (AvgIpc) is 2.79. The molecule has 1 heterocycles. The summed E-state index contributed by atoms with van der Waals surface area (Å²) in [4.78, 5) is 37.7. The Balaban J connectivity index is 1.49. The monoisotopic (exact) mass is 422 g/mol. The van der Waals surface area contributed by atoms with Crippen molar-refractivity contribution in [1.82, 2.24) is 4.90 Å². The number of amides is 3. The number of carbonyl (C=O) groups excluding carboxylic acids is 3. The van der Waals surface area contributed by atoms with Crippen LogP contribution in [0.2, 0.25) is 0 Å². The van der Waals surface area contributed by atoms with Crippen molar-refractivity contribution in [2.45, 2.75) is 32.6 Å². The van der Waals surface area contributed by atoms with Crippen LogP contribution >= 0.6 is 0 Å². The van der Waals surface area contributed by atoms with Crippen LogP contribution in [0.25, 0.3) is 0 Å². The van der Waals surface area contributed by atoms with Gasteiger partial charge in [0, 0.05) is 35.8 Å². The SMILES string of the molecule is CCC(=O)Nc1cccc(C(=O)Nc2ccc(CCN3CCC(C(N)=O)CC3)cc2)c1. The summed E-state index contributed by atoms with van der Waals surface area (Å²) in [6, 6.07) is 14.7. The van der Waals surface area contributed by atoms with E-state index < -0.39 is 0 Å². The van der Waals surface area contributed by atoms with Gasteiger partial charge in [0.1, 0.15) is 0 Å². The normalized spacial score (nSPS) is 14.7. The van der Waals surface area contributed by atoms with Gasteiger partial charge in [0.2, 0.25) is 11.8 Å². The van der Waals surface area contributed by atoms with Crippen molar-refractivity contribution < 1.29 is 14.4 Å². The van der Waals surface area contributed by atoms with E-state index in [-0.39, 0.29) is 23.6 Å². The first-order valence-corrected chi connectivity index (χ1v) is 10.8. The fourth-order valence-corrected chi connectivity index (χ4v) is 3.67. The van der Waals surface area contributed by atoms with Gasteiger partial charge in [-0.25, -0.2) is 0 Å². The molecule has 2 aromatic rings. The van der Waals surface area contributed by atoms with Crippen LogP contribution in [-0.4, -0.2) is 42.3 Å². The van der Waals surface area contributed by atoms with Crippen molar-refractivity contribution in [1.29, 1.82) is 0 Å². The molecule has 3 amide bonds. The Labute approximate surface area is 183 Å². The molecule has 1 aliphatic heterocycles. The summed E-state index contributed by atoms with van der Waals surface area (Å²) < 4.78 is 0. The number of hydrogen-bond donors (Lipinski definition) is 3. The number of nitrogens with one attached hydrogen (secondary N) is 2. The van der Waals surface area contributed by atoms with Crippen LogP contribution in [-0.2, 0) is 16.0 Å². The average molecular weight is 423 g/mol. The van der Waals surface area contributed by atoms with Crippen LogP contribution in [0, 0.1) is 5.92 Å². The summed E-state index contributed by atoms with van der Waals surface area (Å²) in [5.74, 6) is -0.486. The molecular formula is C24H30N4O3. The minimum atomic E-state index is -0.224. The summed E-state index contributed by atoms with van der Waals surface area (Å²) in [6.45, 7) is 4.52. The molecule has 0 radical (unpaired) electrons. The highest BCUT2D eigenvalue weighted by molar-refractivity contribution is 6.05. The first-order valence-electron chi connectivity index (χ1n) is 10.8. The van der Waals surface area contributed by atoms with Crippen LogP contribution in [0.5, 0.6) is 0 Å². The number of rotatable bonds is 8. The standard InChI is InChI=1S/C24H30N4O3/c1-2-22(29)26-21-5-3-4-19(16-21)24(31)27-20-8-6-17(7-9-20)10-13-28-14-11-18(12-15-28)23(25)30/h3-9,16,18H,2,10-15H2,1H3,(H2,25,30)(H,26,29)(H,27,31). The Hall–Kier alpha value is -3.19. The fraction of sp³-hybridized carbons (Fsp3) is 0.375. The molecule has 4 N–H and O–H groups in total. The van der Waals surface area contributed by atoms with Crippen LogP contribution in [0.3, 0.4) is 0 Å². The molecule has 3 rings (SSSR count). The number of carbonyl (C=O) groups is 3. The molecule has 7 nitrogen and oxygen atoms in total. The molecule has 0 atom stereocenters. The Morgan fingerprint density at radius 3 is 2.35 bits per heavy atom. The number of likely N-dealkylation sites (tertiary alicyclic amines) is 1. The molecule has 1 fully saturated rings. The van der Waals surface area contributed by atoms with E-state index >= 15 is 0 Å². The minimum absolute atomic E-state index is 0.0164. The lowest BCUT2D eigenvalue weighted by molar-refractivity contribution is -0.123. The number of benzene rings is 2. The second-order valence-corrected chi connectivity index (χ2v) is 7.90. The highest BCUT2D eigenvalue weighted by Crippen LogP contribution is 2.18. The molecule has 0 spiro atoms. The molecule has 0 aliphatic carbocycles. The third kappa shape index (κ3) is 6.65. The van der Waals surface area contributed by atoms with Gasteiger partial charge in [-0.3, -0.25) is 14.4 Å². The number of primary amides is 1. The van der Waals surface area contributed by atoms with Crippen molar-refractivity contribution in [2.24, 2.45) is 11.7 Å². The topological polar surface area (TPSA) is 105 Å². The van der Waals surface area contributed by atoms with Gasteiger partial charge in [0.15, 0.2) is 0 Å². The predicted octanol–water partition coefficient (Wildman–Crippen LogP) is 3.03. The molecule has 0 bridgehead atoms. The van der Waals surface area contributed by atoms with Gasteiger partial charge in [-0.05, 0) is 68.2 Å². The minimum Gasteiger partial charge on any atom is -0.369 e. The molecule has 1 aliphatic rings. The highest BCUT2D eigenvalue weighted by Gasteiger charge is 2.22. The van der Waals surface area contributed by atoms with Crippen LogP contribution in [0.15, 0.2) is 48.5 Å². The largest absolute Gasteiger partial charge is 0.369 e. The zero-order chi connectivity index (χ0) is 22.2. The van der Waals surface area contributed by atoms with Crippen molar-refractivity contribution in [3.05, 3.63) is 59.7 Å². The molecule has 0 saturated carbocycles. The Morgan fingerprint density at radius 1 is 1.00 bits per heavy atom. The van der Waals surface area contributed by atoms with Gasteiger partial charge in [-0.15, -0.1) is 0 Å². The van der Waals surface area contributed by atoms with Gasteiger partial charge in [0.25, 0.3) is 5.91 Å². The number of nitrogens with zero attached hydrogens (tertiary/aromatic N) is 1. The maximum Gasteiger partial charge on any atom is 0.255 e. The molecule has 7 heteroatoms. The number of anilines is 2. The third-order valence-electron chi connectivity index (χ3n) is 5.65. The lowest BCUT2D eigenvalue weighted by Gasteiger charge is -2.30. The molecule has 31 heavy (non-hydrogen) atoms. The summed E-state index contributed by atoms with van der Waals surface area (Å²) in [7, 11) is 0. The van der Waals surface area contributed by atoms with Gasteiger partial charge in [0.05, 0.1) is 0 Å². The summed E-state index contributed by atoms with van der Waals surface area (Å²) in [6.07, 6.45) is 2.97. The first-order chi connectivity index (χ1) is 14.9. The number of nitrogens with two attached hydrogens (primary N) is 1. The summed E-state index contributed by atoms with van der Waals surface area (Å²) in [5.41, 5.74) is 8.40. The van der Waals surface area contributed by atoms with E-state index in [1.165, 1.54) is 5.56 Å². The number of piperidine rings is 1. The van der Waals surface area contributed by atoms with Gasteiger partial charge in [-0.1, -0.05) is 25.1 Å². The second-order valence-electron chi connectivity index (χ2n) is 7.90. The third-order valence-corrected chi connectivity index (χ3v) is 5.65. The van der Waals surface area contributed by atoms with Gasteiger partial charge < -0.3 is 21.3 Å². The lowest BCUT2D eigenvalue weighted by atomic mass is 9.96. The number of hydrogen-bond acceptors (Lipinski definition) is 4. The first kappa shape index (κ1) is 22.5. The molecule has 1 saturated heterocycles. The fourth-order valence-electron chi connectivity index (χ4n) is 3.67. The van der Waals surface area contributed by atoms with Gasteiger partial charge in [-0.2, -0.15) is 0 Å². The smallest absolute Gasteiger partial charge is 0.255 e. The van der Waals surface area contributed by atoms with Crippen molar-refractivity contribution in [2.75, 3.05) is 30.3 Å². The highest BCUT2D eigenvalue weighted by atomic mass is 16.2. The molecular weight excluding hydrogens is 392 g/mol. The maximum absolute atomic E-state index is 12.5. The zero-order valence-corrected chi connectivity index (χ0v) is 17.9. The van der Waals surface area contributed by atoms with E-state index in [4.69, 9.17) is 5.73 Å². The van der Waals surface area contributed by atoms with E-state index in [0.29, 0.717) is 17.7 Å². The van der Waals surface area contributed by atoms with E-state index in [2.05, 4.69) is 15.5 Å². The Morgan fingerprint density at radius 2 is 1.71 bits per heavy atom. The van der Waals surface area contributed by atoms with Crippen molar-refractivity contribution in [3.8, 4) is 0 Å². The summed E-state index contributed by atoms with van der Waals surface area (Å²) >= 11 is 0. The van der Waals surface area contributed by atoms with Crippen LogP contribution < -0.4 is 16.4 Å². The lowest BCUT2D eigenvalue weighted by Crippen LogP contribution is -2.39. The molecule has 164 valence electrons. The zero-order valence-electron chi connectivity index (χ0n) is 17.9. The molecule has 0 unspecified atom stereocenters. The predicted molar refractivity (Wildman–Crippen MR) is 122 cm³/mol. The van der Waals surface area contributed by atoms with Crippen LogP contribution in [0.4, 0.5) is 11.4 Å². The molecule has 0 aromatic heterocycles. The van der Waals surface area contributed by atoms with E-state index in [1.54, 1.807) is 31.2 Å². The van der Waals surface area contributed by atoms with Gasteiger partial charge >= 0.3 is 0 Å². The van der Waals surface area contributed by atoms with Crippen LogP contribution in [0.1, 0.15) is 42.1 Å². The Bertz CT molecular complexity index is 919. The summed E-state index contributed by atoms with van der Waals surface area (Å²) in [5, 5.41) is 5.66. The van der Waals surface area contributed by atoms with Crippen molar-refractivity contribution in [3.63, 3.8) is 0 Å². The van der Waals surface area contributed by atoms with Crippen molar-refractivity contribution >= 4 is 29.1 Å². The van der Waals surface area contributed by atoms with E-state index in [1.807, 2.05) is 24.3 Å². The Kier molecular flexibility index (Phi) is 7.78. The molecule has 2 aromatic carbocycles. The van der Waals surface area contributed by atoms with E-state index in [9.17, 15) is 14.4 Å². The quantitative estimate of drug-likeness (QED) is 0.608. The second kappa shape index (κ2) is 10.7.